The van der Waals surface area contributed by atoms with E-state index in [-0.39, 0.29) is 41.5 Å². The van der Waals surface area contributed by atoms with Gasteiger partial charge in [-0.1, -0.05) is 5.21 Å². The van der Waals surface area contributed by atoms with Crippen LogP contribution in [0.2, 0.25) is 0 Å². The van der Waals surface area contributed by atoms with Crippen molar-refractivity contribution in [2.75, 3.05) is 18.1 Å². The van der Waals surface area contributed by atoms with E-state index in [1.807, 2.05) is 11.8 Å². The minimum Gasteiger partial charge on any atom is -0.615 e. The van der Waals surface area contributed by atoms with Gasteiger partial charge in [0.1, 0.15) is 17.5 Å². The predicted octanol–water partition coefficient (Wildman–Crippen LogP) is -0.497. The molecule has 13 heteroatoms. The molecule has 3 unspecified atom stereocenters. The summed E-state index contributed by atoms with van der Waals surface area (Å²) >= 11 is 0. The minimum absolute atomic E-state index is 0.0539. The smallest absolute Gasteiger partial charge is 0.262 e. The molecule has 0 spiro atoms. The number of nitrogens with one attached hydrogen (secondary N) is 1. The number of benzene rings is 1. The largest absolute Gasteiger partial charge is 0.615 e. The van der Waals surface area contributed by atoms with Crippen molar-refractivity contribution in [1.29, 1.82) is 0 Å². The summed E-state index contributed by atoms with van der Waals surface area (Å²) in [4.78, 5) is 52.4. The molecule has 2 aromatic rings. The van der Waals surface area contributed by atoms with E-state index in [0.717, 1.165) is 4.90 Å². The van der Waals surface area contributed by atoms with Crippen LogP contribution in [0.15, 0.2) is 24.4 Å². The summed E-state index contributed by atoms with van der Waals surface area (Å²) in [6, 6.07) is 3.51. The van der Waals surface area contributed by atoms with Gasteiger partial charge in [0, 0.05) is 29.7 Å². The molecule has 0 bridgehead atoms. The quantitative estimate of drug-likeness (QED) is 0.444. The lowest BCUT2D eigenvalue weighted by molar-refractivity contribution is -0.136. The Morgan fingerprint density at radius 2 is 1.94 bits per heavy atom. The standard InChI is InChI=1S/C21H22N6O6S/c1-12-11-34(32,33)7-6-25(12)9-13-10-26(24-23-13)14-2-3-15-16(8-14)21(31)27(20(15)30)17-4-5-18(28)22-19(17)29/h2-3,8,10,12,17H,4-7,9,11H2,1H3,(H-,22,28,29,32,33). The number of fused-ring (bicyclic) bond motifs is 1. The Bertz CT molecular complexity index is 1270. The third-order valence-electron chi connectivity index (χ3n) is 6.40. The highest BCUT2D eigenvalue weighted by atomic mass is 32.3. The van der Waals surface area contributed by atoms with Crippen LogP contribution in [0.5, 0.6) is 0 Å². The molecule has 2 fully saturated rings. The summed E-state index contributed by atoms with van der Waals surface area (Å²) < 4.78 is 25.1. The number of hydrogen-bond donors (Lipinski definition) is 1. The van der Waals surface area contributed by atoms with Gasteiger partial charge in [-0.05, 0) is 31.5 Å². The number of carbonyl (C=O) groups is 4. The number of sulfone groups is 1. The summed E-state index contributed by atoms with van der Waals surface area (Å²) in [5.74, 6) is -2.05. The molecular formula is C21H22N6O6S. The number of imide groups is 2. The predicted molar refractivity (Wildman–Crippen MR) is 116 cm³/mol. The first-order chi connectivity index (χ1) is 16.1. The Labute approximate surface area is 195 Å². The van der Waals surface area contributed by atoms with Crippen molar-refractivity contribution < 1.29 is 27.9 Å². The van der Waals surface area contributed by atoms with Crippen LogP contribution in [0.1, 0.15) is 46.2 Å². The lowest BCUT2D eigenvalue weighted by atomic mass is 10.0. The molecule has 3 aliphatic heterocycles. The molecule has 3 atom stereocenters. The van der Waals surface area contributed by atoms with E-state index in [0.29, 0.717) is 24.5 Å². The number of aromatic nitrogens is 3. The summed E-state index contributed by atoms with van der Waals surface area (Å²) in [6.45, 7) is 2.71. The monoisotopic (exact) mass is 486 g/mol. The maximum absolute atomic E-state index is 13.0. The van der Waals surface area contributed by atoms with Gasteiger partial charge in [-0.25, -0.2) is 4.68 Å². The molecule has 0 radical (unpaired) electrons. The van der Waals surface area contributed by atoms with E-state index < -0.39 is 39.9 Å². The van der Waals surface area contributed by atoms with E-state index in [1.54, 1.807) is 12.3 Å². The van der Waals surface area contributed by atoms with Crippen molar-refractivity contribution in [2.45, 2.75) is 38.4 Å². The molecule has 1 aromatic heterocycles. The van der Waals surface area contributed by atoms with Gasteiger partial charge in [0.05, 0.1) is 34.7 Å². The third kappa shape index (κ3) is 3.95. The van der Waals surface area contributed by atoms with Crippen LogP contribution in [-0.2, 0) is 30.6 Å². The maximum atomic E-state index is 13.0. The zero-order valence-corrected chi connectivity index (χ0v) is 19.1. The molecule has 3 aliphatic rings. The average Bonchev–Trinajstić information content (AvgIpc) is 3.33. The molecule has 2 saturated heterocycles. The Morgan fingerprint density at radius 1 is 1.18 bits per heavy atom. The Balaban J connectivity index is 1.34. The zero-order valence-electron chi connectivity index (χ0n) is 18.3. The fourth-order valence-corrected chi connectivity index (χ4v) is 6.20. The Morgan fingerprint density at radius 3 is 2.68 bits per heavy atom. The fraction of sp³-hybridized carbons (Fsp3) is 0.429. The van der Waals surface area contributed by atoms with Gasteiger partial charge in [0.2, 0.25) is 11.8 Å². The van der Waals surface area contributed by atoms with Gasteiger partial charge < -0.3 is 4.55 Å². The molecule has 1 aromatic carbocycles. The van der Waals surface area contributed by atoms with E-state index >= 15 is 0 Å². The van der Waals surface area contributed by atoms with Crippen LogP contribution in [0, 0.1) is 0 Å². The van der Waals surface area contributed by atoms with Crippen LogP contribution >= 0.6 is 0 Å². The Hall–Kier alpha value is -3.29. The van der Waals surface area contributed by atoms with Crippen molar-refractivity contribution in [1.82, 2.24) is 30.1 Å². The normalized spacial score (nSPS) is 27.8. The number of hydrogen-bond acceptors (Lipinski definition) is 9. The molecule has 178 valence electrons. The van der Waals surface area contributed by atoms with E-state index in [4.69, 9.17) is 0 Å². The number of piperidine rings is 1. The van der Waals surface area contributed by atoms with Gasteiger partial charge >= 0.3 is 0 Å². The lowest BCUT2D eigenvalue weighted by Crippen LogP contribution is -2.54. The molecule has 34 heavy (non-hydrogen) atoms. The van der Waals surface area contributed by atoms with Crippen molar-refractivity contribution in [3.05, 3.63) is 41.2 Å². The maximum Gasteiger partial charge on any atom is 0.262 e. The SMILES string of the molecule is CC1C[S+](=O)([O-])CCN1Cc1cn(-c2ccc3c(c2)C(=O)N(C2CCC(=O)NC2=O)C3=O)nn1. The molecule has 5 rings (SSSR count). The van der Waals surface area contributed by atoms with Crippen molar-refractivity contribution in [3.63, 3.8) is 0 Å². The molecule has 0 aliphatic carbocycles. The third-order valence-corrected chi connectivity index (χ3v) is 8.20. The summed E-state index contributed by atoms with van der Waals surface area (Å²) in [6.07, 6.45) is 1.83. The highest BCUT2D eigenvalue weighted by Gasteiger charge is 2.44. The Kier molecular flexibility index (Phi) is 5.41. The molecular weight excluding hydrogens is 464 g/mol. The van der Waals surface area contributed by atoms with Crippen molar-refractivity contribution in [2.24, 2.45) is 0 Å². The summed E-state index contributed by atoms with van der Waals surface area (Å²) in [5.41, 5.74) is 1.48. The molecule has 4 heterocycles. The second-order valence-electron chi connectivity index (χ2n) is 8.77. The van der Waals surface area contributed by atoms with Gasteiger partial charge in [0.15, 0.2) is 0 Å². The van der Waals surface area contributed by atoms with Crippen LogP contribution in [0.25, 0.3) is 5.69 Å². The van der Waals surface area contributed by atoms with E-state index in [1.165, 1.54) is 16.8 Å². The highest BCUT2D eigenvalue weighted by molar-refractivity contribution is 7.97. The molecule has 12 nitrogen and oxygen atoms in total. The van der Waals surface area contributed by atoms with Crippen molar-refractivity contribution >= 4 is 33.8 Å². The minimum atomic E-state index is -3.02. The molecule has 0 saturated carbocycles. The van der Waals surface area contributed by atoms with Crippen LogP contribution in [-0.4, -0.2) is 83.1 Å². The van der Waals surface area contributed by atoms with Crippen LogP contribution < -0.4 is 5.32 Å². The van der Waals surface area contributed by atoms with Gasteiger partial charge in [-0.3, -0.25) is 34.3 Å². The molecule has 1 N–H and O–H groups in total. The van der Waals surface area contributed by atoms with Gasteiger partial charge in [-0.15, -0.1) is 9.31 Å². The van der Waals surface area contributed by atoms with Crippen molar-refractivity contribution in [3.8, 4) is 5.69 Å². The van der Waals surface area contributed by atoms with Crippen LogP contribution in [0.4, 0.5) is 0 Å². The van der Waals surface area contributed by atoms with E-state index in [2.05, 4.69) is 15.6 Å². The number of amides is 4. The van der Waals surface area contributed by atoms with E-state index in [9.17, 15) is 27.9 Å². The number of rotatable bonds is 4. The fourth-order valence-electron chi connectivity index (χ4n) is 4.57. The number of carbonyl (C=O) groups excluding carboxylic acids is 4. The van der Waals surface area contributed by atoms with Crippen LogP contribution in [0.3, 0.4) is 0 Å². The topological polar surface area (TPSA) is 158 Å². The summed E-state index contributed by atoms with van der Waals surface area (Å²) in [7, 11) is -3.02. The summed E-state index contributed by atoms with van der Waals surface area (Å²) in [5, 5.41) is 10.5. The molecule has 4 amide bonds. The zero-order chi connectivity index (χ0) is 24.2. The average molecular weight is 487 g/mol. The second kappa shape index (κ2) is 8.18. The first-order valence-corrected chi connectivity index (χ1v) is 12.7. The van der Waals surface area contributed by atoms with Gasteiger partial charge in [-0.2, -0.15) is 0 Å². The first-order valence-electron chi connectivity index (χ1n) is 10.8. The highest BCUT2D eigenvalue weighted by Crippen LogP contribution is 2.29. The number of nitrogens with zero attached hydrogens (tertiary/aromatic N) is 5. The van der Waals surface area contributed by atoms with Gasteiger partial charge in [0.25, 0.3) is 11.8 Å². The first kappa shape index (κ1) is 22.5. The second-order valence-corrected chi connectivity index (χ2v) is 11.0. The lowest BCUT2D eigenvalue weighted by Gasteiger charge is -2.34.